The number of hydrogen-bond acceptors (Lipinski definition) is 7. The molecular weight excluding hydrogens is 256 g/mol. The molecule has 0 spiro atoms. The fourth-order valence-electron chi connectivity index (χ4n) is 1.65. The van der Waals surface area contributed by atoms with Crippen LogP contribution in [0.2, 0.25) is 0 Å². The quantitative estimate of drug-likeness (QED) is 0.553. The van der Waals surface area contributed by atoms with Crippen molar-refractivity contribution in [2.24, 2.45) is 0 Å². The minimum absolute atomic E-state index is 0.531. The Morgan fingerprint density at radius 1 is 0.579 bits per heavy atom. The van der Waals surface area contributed by atoms with Gasteiger partial charge < -0.3 is 28.4 Å². The van der Waals surface area contributed by atoms with E-state index in [0.29, 0.717) is 0 Å². The van der Waals surface area contributed by atoms with Crippen LogP contribution in [-0.4, -0.2) is 66.8 Å². The molecule has 0 fully saturated rings. The molecule has 0 bridgehead atoms. The summed E-state index contributed by atoms with van der Waals surface area (Å²) >= 11 is 0. The Balaban J connectivity index is 5.37. The fraction of sp³-hybridized carbons (Fsp3) is 1.00. The van der Waals surface area contributed by atoms with Gasteiger partial charge in [0.2, 0.25) is 0 Å². The standard InChI is InChI=1S/C12H26O7/c1-9(13-3)11(15-5,16-6)19-12(17-7,18-8)10(2)14-4/h9-10H,1-8H3. The summed E-state index contributed by atoms with van der Waals surface area (Å²) in [5.74, 6) is -2.98. The molecule has 19 heavy (non-hydrogen) atoms. The summed E-state index contributed by atoms with van der Waals surface area (Å²) in [5.41, 5.74) is 0. The molecule has 0 heterocycles. The zero-order valence-electron chi connectivity index (χ0n) is 13.0. The second kappa shape index (κ2) is 8.11. The van der Waals surface area contributed by atoms with Gasteiger partial charge in [-0.25, -0.2) is 0 Å². The molecule has 0 aromatic heterocycles. The molecule has 0 aromatic carbocycles. The van der Waals surface area contributed by atoms with Gasteiger partial charge in [0.25, 0.3) is 0 Å². The Bertz CT molecular complexity index is 214. The van der Waals surface area contributed by atoms with Gasteiger partial charge in [0.05, 0.1) is 0 Å². The van der Waals surface area contributed by atoms with E-state index >= 15 is 0 Å². The van der Waals surface area contributed by atoms with Crippen molar-refractivity contribution in [2.75, 3.05) is 42.7 Å². The zero-order valence-corrected chi connectivity index (χ0v) is 13.0. The molecule has 0 aromatic rings. The molecule has 0 aliphatic rings. The maximum absolute atomic E-state index is 5.79. The SMILES string of the molecule is COC(C)C(OC)(OC)OC(OC)(OC)C(C)OC. The molecule has 0 rings (SSSR count). The predicted molar refractivity (Wildman–Crippen MR) is 67.5 cm³/mol. The number of hydrogen-bond donors (Lipinski definition) is 0. The smallest absolute Gasteiger partial charge is 0.314 e. The first-order valence-corrected chi connectivity index (χ1v) is 5.88. The zero-order chi connectivity index (χ0) is 15.1. The van der Waals surface area contributed by atoms with E-state index < -0.39 is 24.2 Å². The minimum Gasteiger partial charge on any atom is -0.373 e. The molecular formula is C12H26O7. The van der Waals surface area contributed by atoms with E-state index in [1.54, 1.807) is 13.8 Å². The Morgan fingerprint density at radius 2 is 0.842 bits per heavy atom. The third-order valence-corrected chi connectivity index (χ3v) is 3.13. The Morgan fingerprint density at radius 3 is 1.00 bits per heavy atom. The van der Waals surface area contributed by atoms with Gasteiger partial charge in [-0.05, 0) is 13.8 Å². The summed E-state index contributed by atoms with van der Waals surface area (Å²) in [5, 5.41) is 0. The first-order chi connectivity index (χ1) is 8.91. The van der Waals surface area contributed by atoms with Crippen LogP contribution in [0.25, 0.3) is 0 Å². The molecule has 0 saturated carbocycles. The van der Waals surface area contributed by atoms with Gasteiger partial charge in [-0.1, -0.05) is 0 Å². The van der Waals surface area contributed by atoms with E-state index in [1.807, 2.05) is 0 Å². The number of methoxy groups -OCH3 is 6. The van der Waals surface area contributed by atoms with Crippen LogP contribution < -0.4 is 0 Å². The number of ether oxygens (including phenoxy) is 7. The van der Waals surface area contributed by atoms with Gasteiger partial charge >= 0.3 is 11.9 Å². The van der Waals surface area contributed by atoms with Crippen molar-refractivity contribution in [3.05, 3.63) is 0 Å². The summed E-state index contributed by atoms with van der Waals surface area (Å²) < 4.78 is 37.5. The van der Waals surface area contributed by atoms with Crippen LogP contribution in [0.5, 0.6) is 0 Å². The molecule has 0 aliphatic heterocycles. The monoisotopic (exact) mass is 282 g/mol. The van der Waals surface area contributed by atoms with Crippen LogP contribution in [0.15, 0.2) is 0 Å². The van der Waals surface area contributed by atoms with E-state index in [1.165, 1.54) is 42.7 Å². The lowest BCUT2D eigenvalue weighted by Gasteiger charge is -2.43. The highest BCUT2D eigenvalue weighted by molar-refractivity contribution is 4.74. The third-order valence-electron chi connectivity index (χ3n) is 3.13. The van der Waals surface area contributed by atoms with Crippen molar-refractivity contribution in [3.8, 4) is 0 Å². The van der Waals surface area contributed by atoms with Gasteiger partial charge in [-0.3, -0.25) is 4.74 Å². The first kappa shape index (κ1) is 18.7. The van der Waals surface area contributed by atoms with E-state index in [4.69, 9.17) is 33.2 Å². The van der Waals surface area contributed by atoms with Gasteiger partial charge in [0.15, 0.2) is 0 Å². The number of rotatable bonds is 10. The van der Waals surface area contributed by atoms with E-state index in [9.17, 15) is 0 Å². The van der Waals surface area contributed by atoms with Crippen molar-refractivity contribution in [1.82, 2.24) is 0 Å². The molecule has 0 amide bonds. The molecule has 7 heteroatoms. The second-order valence-corrected chi connectivity index (χ2v) is 3.88. The van der Waals surface area contributed by atoms with Crippen molar-refractivity contribution < 1.29 is 33.2 Å². The van der Waals surface area contributed by atoms with Crippen LogP contribution in [0.3, 0.4) is 0 Å². The molecule has 0 N–H and O–H groups in total. The Kier molecular flexibility index (Phi) is 7.99. The average Bonchev–Trinajstić information content (AvgIpc) is 2.48. The van der Waals surface area contributed by atoms with E-state index in [2.05, 4.69) is 0 Å². The van der Waals surface area contributed by atoms with Crippen LogP contribution in [0.1, 0.15) is 13.8 Å². The summed E-state index contributed by atoms with van der Waals surface area (Å²) in [7, 11) is 8.78. The van der Waals surface area contributed by atoms with Gasteiger partial charge in [0.1, 0.15) is 12.2 Å². The van der Waals surface area contributed by atoms with Gasteiger partial charge in [-0.15, -0.1) is 0 Å². The summed E-state index contributed by atoms with van der Waals surface area (Å²) in [6, 6.07) is 0. The maximum Gasteiger partial charge on any atom is 0.314 e. The van der Waals surface area contributed by atoms with Crippen LogP contribution >= 0.6 is 0 Å². The lowest BCUT2D eigenvalue weighted by molar-refractivity contribution is -0.518. The molecule has 0 aliphatic carbocycles. The highest BCUT2D eigenvalue weighted by Crippen LogP contribution is 2.31. The molecule has 116 valence electrons. The topological polar surface area (TPSA) is 64.6 Å². The third kappa shape index (κ3) is 3.85. The maximum atomic E-state index is 5.79. The summed E-state index contributed by atoms with van der Waals surface area (Å²) in [6.45, 7) is 3.47. The molecule has 2 unspecified atom stereocenters. The summed E-state index contributed by atoms with van der Waals surface area (Å²) in [6.07, 6.45) is -1.06. The fourth-order valence-corrected chi connectivity index (χ4v) is 1.65. The summed E-state index contributed by atoms with van der Waals surface area (Å²) in [4.78, 5) is 0. The van der Waals surface area contributed by atoms with E-state index in [-0.39, 0.29) is 0 Å². The largest absolute Gasteiger partial charge is 0.373 e. The second-order valence-electron chi connectivity index (χ2n) is 3.88. The van der Waals surface area contributed by atoms with E-state index in [0.717, 1.165) is 0 Å². The van der Waals surface area contributed by atoms with Crippen molar-refractivity contribution in [1.29, 1.82) is 0 Å². The lowest BCUT2D eigenvalue weighted by Crippen LogP contribution is -2.59. The Hall–Kier alpha value is -0.280. The van der Waals surface area contributed by atoms with Gasteiger partial charge in [0, 0.05) is 42.7 Å². The molecule has 2 atom stereocenters. The highest BCUT2D eigenvalue weighted by Gasteiger charge is 2.51. The minimum atomic E-state index is -1.49. The van der Waals surface area contributed by atoms with Crippen LogP contribution in [-0.2, 0) is 33.2 Å². The van der Waals surface area contributed by atoms with Crippen LogP contribution in [0.4, 0.5) is 0 Å². The highest BCUT2D eigenvalue weighted by atomic mass is 17.0. The van der Waals surface area contributed by atoms with Crippen molar-refractivity contribution in [3.63, 3.8) is 0 Å². The molecule has 0 radical (unpaired) electrons. The first-order valence-electron chi connectivity index (χ1n) is 5.88. The predicted octanol–water partition coefficient (Wildman–Crippen LogP) is 0.966. The average molecular weight is 282 g/mol. The van der Waals surface area contributed by atoms with Gasteiger partial charge in [-0.2, -0.15) is 0 Å². The molecule has 7 nitrogen and oxygen atoms in total. The molecule has 0 saturated heterocycles. The van der Waals surface area contributed by atoms with Crippen molar-refractivity contribution >= 4 is 0 Å². The Labute approximate surface area is 115 Å². The normalized spacial score (nSPS) is 16.4. The van der Waals surface area contributed by atoms with Crippen LogP contribution in [0, 0.1) is 0 Å². The van der Waals surface area contributed by atoms with Crippen molar-refractivity contribution in [2.45, 2.75) is 38.0 Å². The lowest BCUT2D eigenvalue weighted by atomic mass is 10.3.